The number of fused-ring (bicyclic) bond motifs is 1. The van der Waals surface area contributed by atoms with Crippen molar-refractivity contribution in [2.24, 2.45) is 0 Å². The molecule has 1 amide bonds. The molecule has 1 atom stereocenters. The van der Waals surface area contributed by atoms with E-state index in [2.05, 4.69) is 22.2 Å². The number of rotatable bonds is 4. The van der Waals surface area contributed by atoms with Crippen LogP contribution in [0.25, 0.3) is 11.0 Å². The topological polar surface area (TPSA) is 67.0 Å². The lowest BCUT2D eigenvalue weighted by Gasteiger charge is -2.08. The number of aromatic amines is 1. The van der Waals surface area contributed by atoms with Crippen molar-refractivity contribution in [3.8, 4) is 0 Å². The van der Waals surface area contributed by atoms with Gasteiger partial charge in [0.25, 0.3) is 5.91 Å². The van der Waals surface area contributed by atoms with E-state index >= 15 is 0 Å². The third-order valence-corrected chi connectivity index (χ3v) is 4.64. The molecular weight excluding hydrogens is 314 g/mol. The van der Waals surface area contributed by atoms with Gasteiger partial charge in [0.1, 0.15) is 11.9 Å². The second-order valence-corrected chi connectivity index (χ2v) is 6.32. The molecule has 1 saturated heterocycles. The molecule has 1 aliphatic rings. The summed E-state index contributed by atoms with van der Waals surface area (Å²) < 4.78 is 5.68. The van der Waals surface area contributed by atoms with E-state index in [1.165, 1.54) is 0 Å². The molecule has 4 rings (SSSR count). The number of hydrogen-bond acceptors (Lipinski definition) is 3. The Hall–Kier alpha value is -2.66. The second-order valence-electron chi connectivity index (χ2n) is 6.32. The lowest BCUT2D eigenvalue weighted by molar-refractivity contribution is 0.102. The fourth-order valence-electron chi connectivity index (χ4n) is 3.30. The Morgan fingerprint density at radius 3 is 3.00 bits per heavy atom. The highest BCUT2D eigenvalue weighted by molar-refractivity contribution is 6.05. The number of aromatic nitrogens is 2. The fourth-order valence-corrected chi connectivity index (χ4v) is 3.30. The zero-order valence-electron chi connectivity index (χ0n) is 14.2. The van der Waals surface area contributed by atoms with E-state index in [4.69, 9.17) is 4.74 Å². The summed E-state index contributed by atoms with van der Waals surface area (Å²) in [5, 5.41) is 2.99. The first-order valence-corrected chi connectivity index (χ1v) is 8.75. The van der Waals surface area contributed by atoms with Gasteiger partial charge in [0.05, 0.1) is 11.0 Å². The van der Waals surface area contributed by atoms with E-state index in [1.807, 2.05) is 42.5 Å². The summed E-state index contributed by atoms with van der Waals surface area (Å²) in [7, 11) is 0. The highest BCUT2D eigenvalue weighted by atomic mass is 16.5. The molecule has 25 heavy (non-hydrogen) atoms. The third-order valence-electron chi connectivity index (χ3n) is 4.64. The van der Waals surface area contributed by atoms with Crippen molar-refractivity contribution < 1.29 is 9.53 Å². The predicted molar refractivity (Wildman–Crippen MR) is 97.8 cm³/mol. The van der Waals surface area contributed by atoms with Crippen LogP contribution in [0.1, 0.15) is 47.6 Å². The highest BCUT2D eigenvalue weighted by Crippen LogP contribution is 2.28. The largest absolute Gasteiger partial charge is 0.370 e. The van der Waals surface area contributed by atoms with Gasteiger partial charge in [0.15, 0.2) is 0 Å². The van der Waals surface area contributed by atoms with Crippen LogP contribution in [-0.4, -0.2) is 22.5 Å². The Morgan fingerprint density at radius 1 is 1.32 bits per heavy atom. The SMILES string of the molecule is CCc1ccccc1C(=O)Nc1ccc2nc(C3CCCO3)[nH]c2c1. The van der Waals surface area contributed by atoms with E-state index in [1.54, 1.807) is 0 Å². The quantitative estimate of drug-likeness (QED) is 0.750. The predicted octanol–water partition coefficient (Wildman–Crippen LogP) is 4.23. The summed E-state index contributed by atoms with van der Waals surface area (Å²) in [4.78, 5) is 20.5. The van der Waals surface area contributed by atoms with E-state index in [-0.39, 0.29) is 12.0 Å². The maximum Gasteiger partial charge on any atom is 0.255 e. The van der Waals surface area contributed by atoms with E-state index in [0.717, 1.165) is 59.5 Å². The van der Waals surface area contributed by atoms with Crippen LogP contribution in [0, 0.1) is 0 Å². The number of hydrogen-bond donors (Lipinski definition) is 2. The summed E-state index contributed by atoms with van der Waals surface area (Å²) in [6.45, 7) is 2.84. The molecule has 1 aliphatic heterocycles. The second kappa shape index (κ2) is 6.69. The number of nitrogens with one attached hydrogen (secondary N) is 2. The normalized spacial score (nSPS) is 17.1. The average molecular weight is 335 g/mol. The number of carbonyl (C=O) groups excluding carboxylic acids is 1. The van der Waals surface area contributed by atoms with E-state index in [9.17, 15) is 4.79 Å². The average Bonchev–Trinajstić information content (AvgIpc) is 3.30. The van der Waals surface area contributed by atoms with E-state index in [0.29, 0.717) is 0 Å². The van der Waals surface area contributed by atoms with Crippen LogP contribution in [-0.2, 0) is 11.2 Å². The number of benzene rings is 2. The summed E-state index contributed by atoms with van der Waals surface area (Å²) in [6.07, 6.45) is 2.95. The molecule has 1 fully saturated rings. The number of imidazole rings is 1. The minimum atomic E-state index is -0.0873. The lowest BCUT2D eigenvalue weighted by Crippen LogP contribution is -2.13. The number of amides is 1. The Balaban J connectivity index is 1.58. The third kappa shape index (κ3) is 3.15. The minimum Gasteiger partial charge on any atom is -0.370 e. The molecule has 1 unspecified atom stereocenters. The number of carbonyl (C=O) groups is 1. The molecule has 2 aromatic carbocycles. The molecule has 1 aromatic heterocycles. The standard InChI is InChI=1S/C20H21N3O2/c1-2-13-6-3-4-7-15(13)20(24)21-14-9-10-16-17(12-14)23-19(22-16)18-8-5-11-25-18/h3-4,6-7,9-10,12,18H,2,5,8,11H2,1H3,(H,21,24)(H,22,23). The monoisotopic (exact) mass is 335 g/mol. The van der Waals surface area contributed by atoms with Crippen LogP contribution in [0.15, 0.2) is 42.5 Å². The van der Waals surface area contributed by atoms with Gasteiger partial charge in [-0.3, -0.25) is 4.79 Å². The Bertz CT molecular complexity index is 910. The van der Waals surface area contributed by atoms with Gasteiger partial charge in [-0.25, -0.2) is 4.98 Å². The van der Waals surface area contributed by atoms with Crippen LogP contribution in [0.2, 0.25) is 0 Å². The van der Waals surface area contributed by atoms with E-state index < -0.39 is 0 Å². The molecule has 5 heteroatoms. The highest BCUT2D eigenvalue weighted by Gasteiger charge is 2.21. The summed E-state index contributed by atoms with van der Waals surface area (Å²) in [5.41, 5.74) is 4.31. The molecule has 3 aromatic rings. The van der Waals surface area contributed by atoms with Crippen molar-refractivity contribution in [3.63, 3.8) is 0 Å². The number of aryl methyl sites for hydroxylation is 1. The van der Waals surface area contributed by atoms with Crippen LogP contribution >= 0.6 is 0 Å². The first-order chi connectivity index (χ1) is 12.2. The van der Waals surface area contributed by atoms with Gasteiger partial charge >= 0.3 is 0 Å². The Morgan fingerprint density at radius 2 is 2.20 bits per heavy atom. The van der Waals surface area contributed by atoms with Crippen LogP contribution < -0.4 is 5.32 Å². The van der Waals surface area contributed by atoms with Gasteiger partial charge in [-0.15, -0.1) is 0 Å². The van der Waals surface area contributed by atoms with Gasteiger partial charge in [0.2, 0.25) is 0 Å². The van der Waals surface area contributed by atoms with Crippen molar-refractivity contribution >= 4 is 22.6 Å². The molecule has 128 valence electrons. The Kier molecular flexibility index (Phi) is 4.24. The smallest absolute Gasteiger partial charge is 0.255 e. The Labute approximate surface area is 146 Å². The molecule has 2 N–H and O–H groups in total. The summed E-state index contributed by atoms with van der Waals surface area (Å²) in [6, 6.07) is 13.4. The summed E-state index contributed by atoms with van der Waals surface area (Å²) in [5.74, 6) is 0.781. The van der Waals surface area contributed by atoms with Crippen LogP contribution in [0.4, 0.5) is 5.69 Å². The van der Waals surface area contributed by atoms with Crippen molar-refractivity contribution in [3.05, 3.63) is 59.4 Å². The van der Waals surface area contributed by atoms with Gasteiger partial charge < -0.3 is 15.0 Å². The van der Waals surface area contributed by atoms with Crippen molar-refractivity contribution in [1.82, 2.24) is 9.97 Å². The van der Waals surface area contributed by atoms with Crippen LogP contribution in [0.3, 0.4) is 0 Å². The molecule has 0 radical (unpaired) electrons. The fraction of sp³-hybridized carbons (Fsp3) is 0.300. The van der Waals surface area contributed by atoms with Crippen LogP contribution in [0.5, 0.6) is 0 Å². The lowest BCUT2D eigenvalue weighted by atomic mass is 10.0. The van der Waals surface area contributed by atoms with Gasteiger partial charge in [-0.05, 0) is 49.1 Å². The molecule has 0 spiro atoms. The van der Waals surface area contributed by atoms with Gasteiger partial charge in [0, 0.05) is 17.9 Å². The number of anilines is 1. The molecule has 0 saturated carbocycles. The molecule has 0 bridgehead atoms. The van der Waals surface area contributed by atoms with Crippen molar-refractivity contribution in [2.75, 3.05) is 11.9 Å². The first-order valence-electron chi connectivity index (χ1n) is 8.75. The molecule has 2 heterocycles. The number of nitrogens with zero attached hydrogens (tertiary/aromatic N) is 1. The molecule has 0 aliphatic carbocycles. The van der Waals surface area contributed by atoms with Crippen molar-refractivity contribution in [2.45, 2.75) is 32.3 Å². The van der Waals surface area contributed by atoms with Gasteiger partial charge in [-0.2, -0.15) is 0 Å². The number of ether oxygens (including phenoxy) is 1. The van der Waals surface area contributed by atoms with Gasteiger partial charge in [-0.1, -0.05) is 25.1 Å². The molecule has 5 nitrogen and oxygen atoms in total. The zero-order valence-corrected chi connectivity index (χ0v) is 14.2. The zero-order chi connectivity index (χ0) is 17.2. The number of H-pyrrole nitrogens is 1. The first kappa shape index (κ1) is 15.8. The molecular formula is C20H21N3O2. The maximum absolute atomic E-state index is 12.6. The maximum atomic E-state index is 12.6. The minimum absolute atomic E-state index is 0.0573. The van der Waals surface area contributed by atoms with Crippen molar-refractivity contribution in [1.29, 1.82) is 0 Å². The summed E-state index contributed by atoms with van der Waals surface area (Å²) >= 11 is 0.